The topological polar surface area (TPSA) is 88.9 Å². The maximum absolute atomic E-state index is 6.04. The van der Waals surface area contributed by atoms with E-state index in [9.17, 15) is 0 Å². The second-order valence-electron chi connectivity index (χ2n) is 8.24. The molecule has 158 valence electrons. The molecule has 0 radical (unpaired) electrons. The van der Waals surface area contributed by atoms with Gasteiger partial charge in [-0.05, 0) is 49.0 Å². The van der Waals surface area contributed by atoms with Crippen molar-refractivity contribution in [3.05, 3.63) is 60.8 Å². The van der Waals surface area contributed by atoms with E-state index in [0.29, 0.717) is 28.9 Å². The summed E-state index contributed by atoms with van der Waals surface area (Å²) in [4.78, 5) is 12.4. The number of H-pyrrole nitrogens is 1. The Hall–Kier alpha value is -3.28. The Bertz CT molecular complexity index is 1070. The third-order valence-corrected chi connectivity index (χ3v) is 5.89. The minimum atomic E-state index is -0.0869. The van der Waals surface area contributed by atoms with Crippen molar-refractivity contribution in [2.45, 2.75) is 40.7 Å². The molecule has 0 aliphatic carbocycles. The first-order valence-electron chi connectivity index (χ1n) is 10.2. The molecule has 0 fully saturated rings. The summed E-state index contributed by atoms with van der Waals surface area (Å²) >= 11 is 0. The smallest absolute Gasteiger partial charge is 0.233 e. The number of aromatic amines is 1. The number of nitrogens with zero attached hydrogens (tertiary/aromatic N) is 2. The van der Waals surface area contributed by atoms with Gasteiger partial charge in [0.05, 0.1) is 5.39 Å². The van der Waals surface area contributed by atoms with Gasteiger partial charge in [0.2, 0.25) is 11.8 Å². The average molecular weight is 406 g/mol. The zero-order valence-electron chi connectivity index (χ0n) is 18.4. The van der Waals surface area contributed by atoms with Crippen LogP contribution in [0.3, 0.4) is 0 Å². The Kier molecular flexibility index (Phi) is 6.15. The molecule has 0 aliphatic rings. The van der Waals surface area contributed by atoms with Gasteiger partial charge in [0, 0.05) is 24.0 Å². The third-order valence-electron chi connectivity index (χ3n) is 5.89. The molecule has 2 atom stereocenters. The Balaban J connectivity index is 1.86. The molecule has 0 amide bonds. The van der Waals surface area contributed by atoms with Crippen LogP contribution in [0.2, 0.25) is 0 Å². The molecular formula is C24H31N5O. The summed E-state index contributed by atoms with van der Waals surface area (Å²) in [6.07, 6.45) is 5.92. The largest absolute Gasteiger partial charge is 0.438 e. The fourth-order valence-electron chi connectivity index (χ4n) is 3.41. The van der Waals surface area contributed by atoms with Crippen LogP contribution in [0.1, 0.15) is 34.6 Å². The number of benzene rings is 1. The molecule has 2 heterocycles. The first-order valence-corrected chi connectivity index (χ1v) is 10.2. The maximum atomic E-state index is 6.04. The summed E-state index contributed by atoms with van der Waals surface area (Å²) in [6, 6.07) is 9.30. The number of fused-ring (bicyclic) bond motifs is 1. The fraction of sp³-hybridized carbons (Fsp3) is 0.333. The van der Waals surface area contributed by atoms with Gasteiger partial charge >= 0.3 is 0 Å². The molecular weight excluding hydrogens is 374 g/mol. The highest BCUT2D eigenvalue weighted by Gasteiger charge is 2.32. The van der Waals surface area contributed by atoms with E-state index in [4.69, 9.17) is 10.5 Å². The quantitative estimate of drug-likeness (QED) is 0.319. The van der Waals surface area contributed by atoms with Gasteiger partial charge in [-0.25, -0.2) is 0 Å². The zero-order valence-corrected chi connectivity index (χ0v) is 18.4. The second-order valence-corrected chi connectivity index (χ2v) is 8.24. The lowest BCUT2D eigenvalue weighted by Crippen LogP contribution is -2.36. The number of nitrogens with one attached hydrogen (secondary N) is 2. The molecule has 3 rings (SSSR count). The minimum absolute atomic E-state index is 0.0869. The summed E-state index contributed by atoms with van der Waals surface area (Å²) in [5.74, 6) is 1.90. The molecule has 1 aromatic carbocycles. The van der Waals surface area contributed by atoms with E-state index in [1.807, 2.05) is 43.5 Å². The SMILES string of the molecule is C=C(/C=C\C)C(C)(C)C(C)C(C)Nc1nc(Oc2cccc(N)c2)c2cc[nH]c2n1. The Morgan fingerprint density at radius 2 is 2.03 bits per heavy atom. The molecule has 30 heavy (non-hydrogen) atoms. The number of anilines is 2. The summed E-state index contributed by atoms with van der Waals surface area (Å²) in [6.45, 7) is 15.0. The molecule has 0 aliphatic heterocycles. The molecule has 2 aromatic heterocycles. The van der Waals surface area contributed by atoms with Crippen LogP contribution in [0.15, 0.2) is 60.8 Å². The van der Waals surface area contributed by atoms with Gasteiger partial charge in [0.15, 0.2) is 0 Å². The Labute approximate surface area is 178 Å². The van der Waals surface area contributed by atoms with Gasteiger partial charge in [-0.3, -0.25) is 0 Å². The van der Waals surface area contributed by atoms with Crippen molar-refractivity contribution in [3.63, 3.8) is 0 Å². The zero-order chi connectivity index (χ0) is 21.9. The first-order chi connectivity index (χ1) is 14.2. The van der Waals surface area contributed by atoms with E-state index in [0.717, 1.165) is 11.0 Å². The monoisotopic (exact) mass is 405 g/mol. The summed E-state index contributed by atoms with van der Waals surface area (Å²) in [5.41, 5.74) is 8.23. The molecule has 0 spiro atoms. The van der Waals surface area contributed by atoms with Gasteiger partial charge in [-0.1, -0.05) is 45.6 Å². The van der Waals surface area contributed by atoms with Crippen LogP contribution in [0.4, 0.5) is 11.6 Å². The summed E-state index contributed by atoms with van der Waals surface area (Å²) < 4.78 is 6.04. The summed E-state index contributed by atoms with van der Waals surface area (Å²) in [5, 5.41) is 4.26. The van der Waals surface area contributed by atoms with Crippen molar-refractivity contribution in [2.75, 3.05) is 11.1 Å². The Morgan fingerprint density at radius 1 is 1.27 bits per heavy atom. The number of nitrogen functional groups attached to an aromatic ring is 1. The molecule has 6 heteroatoms. The molecule has 4 N–H and O–H groups in total. The number of allylic oxidation sites excluding steroid dienone is 3. The third kappa shape index (κ3) is 4.48. The van der Waals surface area contributed by atoms with Gasteiger partial charge < -0.3 is 20.8 Å². The highest BCUT2D eigenvalue weighted by molar-refractivity contribution is 5.82. The lowest BCUT2D eigenvalue weighted by molar-refractivity contribution is 0.267. The lowest BCUT2D eigenvalue weighted by atomic mass is 9.71. The number of ether oxygens (including phenoxy) is 1. The van der Waals surface area contributed by atoms with E-state index in [-0.39, 0.29) is 17.4 Å². The van der Waals surface area contributed by atoms with Crippen molar-refractivity contribution >= 4 is 22.7 Å². The van der Waals surface area contributed by atoms with Crippen molar-refractivity contribution in [1.82, 2.24) is 15.0 Å². The van der Waals surface area contributed by atoms with Crippen LogP contribution >= 0.6 is 0 Å². The first kappa shape index (κ1) is 21.4. The van der Waals surface area contributed by atoms with Crippen molar-refractivity contribution in [2.24, 2.45) is 11.3 Å². The van der Waals surface area contributed by atoms with Crippen LogP contribution in [0.5, 0.6) is 11.6 Å². The van der Waals surface area contributed by atoms with Crippen LogP contribution in [-0.4, -0.2) is 21.0 Å². The van der Waals surface area contributed by atoms with Crippen molar-refractivity contribution in [3.8, 4) is 11.6 Å². The highest BCUT2D eigenvalue weighted by Crippen LogP contribution is 2.37. The molecule has 0 saturated carbocycles. The minimum Gasteiger partial charge on any atom is -0.438 e. The van der Waals surface area contributed by atoms with Gasteiger partial charge in [0.1, 0.15) is 11.4 Å². The molecule has 3 aromatic rings. The molecule has 6 nitrogen and oxygen atoms in total. The summed E-state index contributed by atoms with van der Waals surface area (Å²) in [7, 11) is 0. The Morgan fingerprint density at radius 3 is 2.73 bits per heavy atom. The van der Waals surface area contributed by atoms with Crippen molar-refractivity contribution < 1.29 is 4.74 Å². The normalized spacial score (nSPS) is 14.0. The van der Waals surface area contributed by atoms with E-state index >= 15 is 0 Å². The molecule has 0 bridgehead atoms. The number of aromatic nitrogens is 3. The van der Waals surface area contributed by atoms with Gasteiger partial charge in [0.25, 0.3) is 0 Å². The van der Waals surface area contributed by atoms with Crippen LogP contribution in [0.25, 0.3) is 11.0 Å². The highest BCUT2D eigenvalue weighted by atomic mass is 16.5. The molecule has 0 saturated heterocycles. The van der Waals surface area contributed by atoms with E-state index in [1.54, 1.807) is 6.07 Å². The fourth-order valence-corrected chi connectivity index (χ4v) is 3.41. The standard InChI is InChI=1S/C24H31N5O/c1-7-9-15(2)24(5,6)16(3)17(4)27-23-28-21-20(12-13-26-21)22(29-23)30-19-11-8-10-18(25)14-19/h7-14,16-17H,2,25H2,1,3-6H3,(H2,26,27,28,29)/b9-7-. The van der Waals surface area contributed by atoms with Crippen molar-refractivity contribution in [1.29, 1.82) is 0 Å². The van der Waals surface area contributed by atoms with Gasteiger partial charge in [-0.2, -0.15) is 9.97 Å². The van der Waals surface area contributed by atoms with E-state index < -0.39 is 0 Å². The van der Waals surface area contributed by atoms with E-state index in [1.165, 1.54) is 0 Å². The van der Waals surface area contributed by atoms with Crippen LogP contribution < -0.4 is 15.8 Å². The number of rotatable bonds is 8. The number of hydrogen-bond acceptors (Lipinski definition) is 5. The van der Waals surface area contributed by atoms with Crippen LogP contribution in [0, 0.1) is 11.3 Å². The number of hydrogen-bond donors (Lipinski definition) is 3. The van der Waals surface area contributed by atoms with Crippen LogP contribution in [-0.2, 0) is 0 Å². The van der Waals surface area contributed by atoms with E-state index in [2.05, 4.69) is 60.6 Å². The lowest BCUT2D eigenvalue weighted by Gasteiger charge is -2.37. The average Bonchev–Trinajstić information content (AvgIpc) is 3.16. The predicted octanol–water partition coefficient (Wildman–Crippen LogP) is 5.93. The van der Waals surface area contributed by atoms with Gasteiger partial charge in [-0.15, -0.1) is 0 Å². The molecule has 2 unspecified atom stereocenters. The maximum Gasteiger partial charge on any atom is 0.233 e. The second kappa shape index (κ2) is 8.61. The predicted molar refractivity (Wildman–Crippen MR) is 125 cm³/mol. The number of nitrogens with two attached hydrogens (primary N) is 1.